The molecule has 0 heterocycles. The van der Waals surface area contributed by atoms with E-state index in [-0.39, 0.29) is 21.8 Å². The molecule has 0 aliphatic carbocycles. The van der Waals surface area contributed by atoms with Crippen molar-refractivity contribution in [2.45, 2.75) is 11.8 Å². The van der Waals surface area contributed by atoms with E-state index in [1.807, 2.05) is 0 Å². The predicted molar refractivity (Wildman–Crippen MR) is 119 cm³/mol. The van der Waals surface area contributed by atoms with Gasteiger partial charge >= 0.3 is 5.97 Å². The number of para-hydroxylation sites is 1. The first kappa shape index (κ1) is 22.3. The molecule has 0 fully saturated rings. The number of aromatic carboxylic acids is 1. The zero-order valence-electron chi connectivity index (χ0n) is 16.4. The molecule has 0 aliphatic heterocycles. The van der Waals surface area contributed by atoms with Gasteiger partial charge < -0.3 is 10.4 Å². The number of carboxylic acids is 1. The Hall–Kier alpha value is -3.36. The number of hydrogen-bond acceptors (Lipinski definition) is 4. The van der Waals surface area contributed by atoms with E-state index in [1.165, 1.54) is 30.3 Å². The van der Waals surface area contributed by atoms with E-state index < -0.39 is 28.4 Å². The first-order chi connectivity index (χ1) is 14.7. The SMILES string of the molecule is Cc1c(Cl)cccc1N(CC(=O)Nc1ccccc1C(=O)O)S(=O)(=O)c1ccccc1. The highest BCUT2D eigenvalue weighted by Crippen LogP contribution is 2.31. The van der Waals surface area contributed by atoms with Crippen molar-refractivity contribution >= 4 is 44.9 Å². The fourth-order valence-electron chi connectivity index (χ4n) is 2.98. The maximum atomic E-state index is 13.4. The lowest BCUT2D eigenvalue weighted by molar-refractivity contribution is -0.114. The number of anilines is 2. The molecule has 1 amide bonds. The topological polar surface area (TPSA) is 104 Å². The zero-order valence-corrected chi connectivity index (χ0v) is 18.0. The molecule has 0 bridgehead atoms. The van der Waals surface area contributed by atoms with E-state index in [0.29, 0.717) is 10.6 Å². The molecule has 0 saturated carbocycles. The van der Waals surface area contributed by atoms with Crippen LogP contribution in [0, 0.1) is 6.92 Å². The minimum atomic E-state index is -4.11. The van der Waals surface area contributed by atoms with Gasteiger partial charge in [0.15, 0.2) is 0 Å². The summed E-state index contributed by atoms with van der Waals surface area (Å²) < 4.78 is 27.7. The van der Waals surface area contributed by atoms with Gasteiger partial charge in [-0.1, -0.05) is 48.0 Å². The van der Waals surface area contributed by atoms with Crippen molar-refractivity contribution in [2.24, 2.45) is 0 Å². The Balaban J connectivity index is 2.01. The highest BCUT2D eigenvalue weighted by Gasteiger charge is 2.29. The van der Waals surface area contributed by atoms with E-state index in [4.69, 9.17) is 11.6 Å². The second kappa shape index (κ2) is 9.20. The molecule has 0 radical (unpaired) electrons. The Morgan fingerprint density at radius 1 is 0.968 bits per heavy atom. The van der Waals surface area contributed by atoms with E-state index in [9.17, 15) is 23.1 Å². The lowest BCUT2D eigenvalue weighted by atomic mass is 10.2. The van der Waals surface area contributed by atoms with E-state index in [1.54, 1.807) is 49.4 Å². The van der Waals surface area contributed by atoms with Gasteiger partial charge in [0.05, 0.1) is 21.8 Å². The zero-order chi connectivity index (χ0) is 22.6. The number of carboxylic acid groups (broad SMARTS) is 1. The van der Waals surface area contributed by atoms with Gasteiger partial charge in [0.25, 0.3) is 10.0 Å². The minimum Gasteiger partial charge on any atom is -0.478 e. The number of halogens is 1. The fourth-order valence-corrected chi connectivity index (χ4v) is 4.65. The minimum absolute atomic E-state index is 0.00751. The number of rotatable bonds is 7. The molecular formula is C22H19ClN2O5S. The Morgan fingerprint density at radius 3 is 2.29 bits per heavy atom. The van der Waals surface area contributed by atoms with Gasteiger partial charge in [0, 0.05) is 5.02 Å². The van der Waals surface area contributed by atoms with Crippen molar-refractivity contribution in [2.75, 3.05) is 16.2 Å². The molecule has 160 valence electrons. The molecule has 0 saturated heterocycles. The van der Waals surface area contributed by atoms with Gasteiger partial charge in [-0.3, -0.25) is 9.10 Å². The van der Waals surface area contributed by atoms with Crippen LogP contribution in [0.2, 0.25) is 5.02 Å². The summed E-state index contributed by atoms with van der Waals surface area (Å²) in [6.07, 6.45) is 0. The van der Waals surface area contributed by atoms with Gasteiger partial charge in [0.2, 0.25) is 5.91 Å². The van der Waals surface area contributed by atoms with Gasteiger partial charge in [-0.15, -0.1) is 0 Å². The number of sulfonamides is 1. The molecule has 2 N–H and O–H groups in total. The van der Waals surface area contributed by atoms with Crippen molar-refractivity contribution in [3.05, 3.63) is 88.9 Å². The summed E-state index contributed by atoms with van der Waals surface area (Å²) in [6, 6.07) is 18.4. The molecule has 3 aromatic rings. The normalized spacial score (nSPS) is 11.0. The maximum absolute atomic E-state index is 13.4. The number of hydrogen-bond donors (Lipinski definition) is 2. The quantitative estimate of drug-likeness (QED) is 0.552. The first-order valence-electron chi connectivity index (χ1n) is 9.17. The van der Waals surface area contributed by atoms with Crippen LogP contribution in [0.1, 0.15) is 15.9 Å². The van der Waals surface area contributed by atoms with Crippen LogP contribution < -0.4 is 9.62 Å². The number of carbonyl (C=O) groups is 2. The average Bonchev–Trinajstić information content (AvgIpc) is 2.75. The predicted octanol–water partition coefficient (Wildman–Crippen LogP) is 4.18. The van der Waals surface area contributed by atoms with E-state index in [2.05, 4.69) is 5.32 Å². The fraction of sp³-hybridized carbons (Fsp3) is 0.0909. The van der Waals surface area contributed by atoms with Crippen LogP contribution in [0.25, 0.3) is 0 Å². The molecule has 0 atom stereocenters. The highest BCUT2D eigenvalue weighted by atomic mass is 35.5. The summed E-state index contributed by atoms with van der Waals surface area (Å²) >= 11 is 6.19. The van der Waals surface area contributed by atoms with Crippen LogP contribution in [0.15, 0.2) is 77.7 Å². The maximum Gasteiger partial charge on any atom is 0.337 e. The molecule has 3 aromatic carbocycles. The van der Waals surface area contributed by atoms with Gasteiger partial charge in [-0.25, -0.2) is 13.2 Å². The molecule has 7 nitrogen and oxygen atoms in total. The number of nitrogens with zero attached hydrogens (tertiary/aromatic N) is 1. The number of amides is 1. The third kappa shape index (κ3) is 4.87. The van der Waals surface area contributed by atoms with Crippen LogP contribution in [0.4, 0.5) is 11.4 Å². The lowest BCUT2D eigenvalue weighted by Crippen LogP contribution is -2.38. The monoisotopic (exact) mass is 458 g/mol. The Bertz CT molecular complexity index is 1230. The molecule has 0 aliphatic rings. The number of carbonyl (C=O) groups excluding carboxylic acids is 1. The van der Waals surface area contributed by atoms with Crippen LogP contribution in [0.3, 0.4) is 0 Å². The van der Waals surface area contributed by atoms with E-state index >= 15 is 0 Å². The third-order valence-electron chi connectivity index (χ3n) is 4.56. The highest BCUT2D eigenvalue weighted by molar-refractivity contribution is 7.92. The molecule has 0 spiro atoms. The average molecular weight is 459 g/mol. The smallest absolute Gasteiger partial charge is 0.337 e. The summed E-state index contributed by atoms with van der Waals surface area (Å²) in [5.74, 6) is -1.91. The summed E-state index contributed by atoms with van der Waals surface area (Å²) in [5.41, 5.74) is 0.701. The van der Waals surface area contributed by atoms with Crippen LogP contribution >= 0.6 is 11.6 Å². The van der Waals surface area contributed by atoms with Gasteiger partial charge in [-0.2, -0.15) is 0 Å². The Labute approximate surface area is 184 Å². The van der Waals surface area contributed by atoms with Crippen LogP contribution in [-0.4, -0.2) is 31.9 Å². The summed E-state index contributed by atoms with van der Waals surface area (Å²) in [7, 11) is -4.11. The van der Waals surface area contributed by atoms with Crippen LogP contribution in [0.5, 0.6) is 0 Å². The molecular weight excluding hydrogens is 440 g/mol. The molecule has 0 aromatic heterocycles. The Kier molecular flexibility index (Phi) is 6.62. The molecule has 0 unspecified atom stereocenters. The van der Waals surface area contributed by atoms with Crippen molar-refractivity contribution in [1.29, 1.82) is 0 Å². The second-order valence-electron chi connectivity index (χ2n) is 6.61. The molecule has 3 rings (SSSR count). The van der Waals surface area contributed by atoms with Gasteiger partial charge in [-0.05, 0) is 48.9 Å². The molecule has 9 heteroatoms. The van der Waals surface area contributed by atoms with Crippen molar-refractivity contribution < 1.29 is 23.1 Å². The largest absolute Gasteiger partial charge is 0.478 e. The summed E-state index contributed by atoms with van der Waals surface area (Å²) in [6.45, 7) is 1.08. The van der Waals surface area contributed by atoms with Gasteiger partial charge in [0.1, 0.15) is 6.54 Å². The van der Waals surface area contributed by atoms with Crippen molar-refractivity contribution in [3.63, 3.8) is 0 Å². The van der Waals surface area contributed by atoms with Crippen molar-refractivity contribution in [1.82, 2.24) is 0 Å². The Morgan fingerprint density at radius 2 is 1.61 bits per heavy atom. The van der Waals surface area contributed by atoms with Crippen LogP contribution in [-0.2, 0) is 14.8 Å². The lowest BCUT2D eigenvalue weighted by Gasteiger charge is -2.26. The second-order valence-corrected chi connectivity index (χ2v) is 8.88. The third-order valence-corrected chi connectivity index (χ3v) is 6.74. The number of benzene rings is 3. The summed E-state index contributed by atoms with van der Waals surface area (Å²) in [5, 5.41) is 12.2. The summed E-state index contributed by atoms with van der Waals surface area (Å²) in [4.78, 5) is 24.2. The van der Waals surface area contributed by atoms with E-state index in [0.717, 1.165) is 4.31 Å². The standard InChI is InChI=1S/C22H19ClN2O5S/c1-15-18(23)11-7-13-20(15)25(31(29,30)16-8-3-2-4-9-16)14-21(26)24-19-12-6-5-10-17(19)22(27)28/h2-13H,14H2,1H3,(H,24,26)(H,27,28). The molecule has 31 heavy (non-hydrogen) atoms. The van der Waals surface area contributed by atoms with Crippen molar-refractivity contribution in [3.8, 4) is 0 Å². The number of nitrogens with one attached hydrogen (secondary N) is 1. The first-order valence-corrected chi connectivity index (χ1v) is 11.0.